The predicted molar refractivity (Wildman–Crippen MR) is 103 cm³/mol. The molecule has 7 N–H and O–H groups in total. The van der Waals surface area contributed by atoms with Gasteiger partial charge in [-0.25, -0.2) is 9.38 Å². The van der Waals surface area contributed by atoms with Crippen molar-refractivity contribution in [3.8, 4) is 0 Å². The second-order valence-electron chi connectivity index (χ2n) is 4.74. The van der Waals surface area contributed by atoms with Crippen LogP contribution in [0.4, 0.5) is 10.1 Å². The van der Waals surface area contributed by atoms with Crippen molar-refractivity contribution in [2.24, 2.45) is 22.2 Å². The molecule has 25 heavy (non-hydrogen) atoms. The SMILES string of the molecule is CC(N)/C=C(\N=C/N)Nc1ccc(Sc2ccncc2)c(F)c1.CN. The van der Waals surface area contributed by atoms with Gasteiger partial charge in [0.15, 0.2) is 0 Å². The molecule has 6 nitrogen and oxygen atoms in total. The number of anilines is 1. The number of benzene rings is 1. The first-order valence-corrected chi connectivity index (χ1v) is 8.34. The van der Waals surface area contributed by atoms with Crippen molar-refractivity contribution in [3.05, 3.63) is 60.4 Å². The van der Waals surface area contributed by atoms with E-state index in [1.165, 1.54) is 24.9 Å². The molecule has 0 bridgehead atoms. The van der Waals surface area contributed by atoms with E-state index in [0.717, 1.165) is 11.2 Å². The molecule has 0 amide bonds. The summed E-state index contributed by atoms with van der Waals surface area (Å²) in [6, 6.07) is 8.34. The summed E-state index contributed by atoms with van der Waals surface area (Å²) in [4.78, 5) is 9.36. The van der Waals surface area contributed by atoms with Gasteiger partial charge in [0.2, 0.25) is 0 Å². The molecule has 0 fully saturated rings. The largest absolute Gasteiger partial charge is 0.390 e. The van der Waals surface area contributed by atoms with Crippen LogP contribution >= 0.6 is 11.8 Å². The predicted octanol–water partition coefficient (Wildman–Crippen LogP) is 2.53. The first kappa shape index (κ1) is 20.6. The average molecular weight is 362 g/mol. The minimum atomic E-state index is -0.325. The summed E-state index contributed by atoms with van der Waals surface area (Å²) in [6.45, 7) is 1.81. The minimum absolute atomic E-state index is 0.201. The number of rotatable bonds is 6. The third-order valence-electron chi connectivity index (χ3n) is 2.72. The smallest absolute Gasteiger partial charge is 0.139 e. The van der Waals surface area contributed by atoms with E-state index < -0.39 is 0 Å². The van der Waals surface area contributed by atoms with Gasteiger partial charge in [0.05, 0.1) is 6.34 Å². The van der Waals surface area contributed by atoms with E-state index in [-0.39, 0.29) is 11.9 Å². The maximum Gasteiger partial charge on any atom is 0.139 e. The molecule has 0 aliphatic carbocycles. The summed E-state index contributed by atoms with van der Waals surface area (Å²) in [5.74, 6) is 0.144. The highest BCUT2D eigenvalue weighted by Crippen LogP contribution is 2.30. The number of aromatic nitrogens is 1. The normalized spacial score (nSPS) is 12.4. The topological polar surface area (TPSA) is 115 Å². The monoisotopic (exact) mass is 362 g/mol. The highest BCUT2D eigenvalue weighted by molar-refractivity contribution is 7.99. The van der Waals surface area contributed by atoms with Crippen molar-refractivity contribution in [2.45, 2.75) is 22.8 Å². The number of aliphatic imine (C=N–C) groups is 1. The van der Waals surface area contributed by atoms with E-state index in [4.69, 9.17) is 11.5 Å². The highest BCUT2D eigenvalue weighted by atomic mass is 32.2. The second-order valence-corrected chi connectivity index (χ2v) is 5.86. The molecule has 8 heteroatoms. The molecule has 1 aromatic carbocycles. The zero-order valence-corrected chi connectivity index (χ0v) is 15.0. The molecule has 1 heterocycles. The van der Waals surface area contributed by atoms with E-state index in [9.17, 15) is 4.39 Å². The van der Waals surface area contributed by atoms with Gasteiger partial charge in [0.1, 0.15) is 11.6 Å². The van der Waals surface area contributed by atoms with Crippen LogP contribution < -0.4 is 22.5 Å². The molecule has 0 spiro atoms. The van der Waals surface area contributed by atoms with E-state index in [1.54, 1.807) is 30.6 Å². The summed E-state index contributed by atoms with van der Waals surface area (Å²) < 4.78 is 14.3. The van der Waals surface area contributed by atoms with Crippen LogP contribution in [0.3, 0.4) is 0 Å². The Kier molecular flexibility index (Phi) is 9.23. The van der Waals surface area contributed by atoms with Crippen LogP contribution in [0.2, 0.25) is 0 Å². The Morgan fingerprint density at radius 1 is 1.28 bits per heavy atom. The van der Waals surface area contributed by atoms with Gasteiger partial charge in [0.25, 0.3) is 0 Å². The highest BCUT2D eigenvalue weighted by Gasteiger charge is 2.07. The molecular formula is C17H23FN6S. The summed E-state index contributed by atoms with van der Waals surface area (Å²) in [5.41, 5.74) is 16.1. The Labute approximate surface area is 151 Å². The number of nitrogens with one attached hydrogen (secondary N) is 1. The second kappa shape index (κ2) is 11.2. The van der Waals surface area contributed by atoms with Crippen molar-refractivity contribution in [3.63, 3.8) is 0 Å². The number of pyridine rings is 1. The Balaban J connectivity index is 0.00000151. The van der Waals surface area contributed by atoms with Crippen molar-refractivity contribution < 1.29 is 4.39 Å². The summed E-state index contributed by atoms with van der Waals surface area (Å²) in [6.07, 6.45) is 6.20. The lowest BCUT2D eigenvalue weighted by molar-refractivity contribution is 0.602. The van der Waals surface area contributed by atoms with Gasteiger partial charge in [0, 0.05) is 33.9 Å². The fourth-order valence-corrected chi connectivity index (χ4v) is 2.59. The molecule has 1 aromatic heterocycles. The molecular weight excluding hydrogens is 339 g/mol. The number of nitrogens with zero attached hydrogens (tertiary/aromatic N) is 2. The van der Waals surface area contributed by atoms with Gasteiger partial charge < -0.3 is 22.5 Å². The number of halogens is 1. The van der Waals surface area contributed by atoms with E-state index >= 15 is 0 Å². The number of hydrogen-bond acceptors (Lipinski definition) is 6. The Morgan fingerprint density at radius 3 is 2.52 bits per heavy atom. The van der Waals surface area contributed by atoms with E-state index in [0.29, 0.717) is 16.4 Å². The van der Waals surface area contributed by atoms with Crippen LogP contribution in [0.5, 0.6) is 0 Å². The van der Waals surface area contributed by atoms with Crippen LogP contribution in [-0.4, -0.2) is 24.4 Å². The van der Waals surface area contributed by atoms with Crippen molar-refractivity contribution >= 4 is 23.8 Å². The van der Waals surface area contributed by atoms with Gasteiger partial charge >= 0.3 is 0 Å². The molecule has 2 aromatic rings. The van der Waals surface area contributed by atoms with E-state index in [2.05, 4.69) is 21.0 Å². The fraction of sp³-hybridized carbons (Fsp3) is 0.176. The fourth-order valence-electron chi connectivity index (χ4n) is 1.79. The molecule has 0 saturated carbocycles. The average Bonchev–Trinajstić information content (AvgIpc) is 2.60. The van der Waals surface area contributed by atoms with Gasteiger partial charge in [-0.2, -0.15) is 0 Å². The number of hydrogen-bond donors (Lipinski definition) is 4. The quantitative estimate of drug-likeness (QED) is 0.464. The van der Waals surface area contributed by atoms with Gasteiger partial charge in [-0.15, -0.1) is 0 Å². The first-order valence-electron chi connectivity index (χ1n) is 7.52. The zero-order valence-electron chi connectivity index (χ0n) is 14.2. The molecule has 0 aliphatic rings. The Hall–Kier alpha value is -2.42. The minimum Gasteiger partial charge on any atom is -0.390 e. The van der Waals surface area contributed by atoms with Gasteiger partial charge in [-0.05, 0) is 50.4 Å². The van der Waals surface area contributed by atoms with Crippen LogP contribution in [-0.2, 0) is 0 Å². The number of nitrogens with two attached hydrogens (primary N) is 3. The third kappa shape index (κ3) is 7.34. The Bertz CT molecular complexity index is 704. The molecule has 2 rings (SSSR count). The molecule has 1 atom stereocenters. The van der Waals surface area contributed by atoms with Crippen LogP contribution in [0.25, 0.3) is 0 Å². The summed E-state index contributed by atoms with van der Waals surface area (Å²) in [7, 11) is 1.50. The summed E-state index contributed by atoms with van der Waals surface area (Å²) >= 11 is 1.34. The maximum atomic E-state index is 14.3. The summed E-state index contributed by atoms with van der Waals surface area (Å²) in [5, 5.41) is 2.99. The van der Waals surface area contributed by atoms with Crippen LogP contribution in [0.15, 0.2) is 69.4 Å². The Morgan fingerprint density at radius 2 is 1.96 bits per heavy atom. The zero-order chi connectivity index (χ0) is 18.7. The van der Waals surface area contributed by atoms with Gasteiger partial charge in [-0.1, -0.05) is 11.8 Å². The molecule has 0 saturated heterocycles. The lowest BCUT2D eigenvalue weighted by atomic mass is 10.3. The van der Waals surface area contributed by atoms with Crippen LogP contribution in [0.1, 0.15) is 6.92 Å². The maximum absolute atomic E-state index is 14.3. The van der Waals surface area contributed by atoms with Crippen molar-refractivity contribution in [2.75, 3.05) is 12.4 Å². The molecule has 1 unspecified atom stereocenters. The van der Waals surface area contributed by atoms with E-state index in [1.807, 2.05) is 19.1 Å². The standard InChI is InChI=1S/C16H18FN5S.CH5N/c1-11(19)8-16(21-10-18)22-12-2-3-15(14(17)9-12)23-13-4-6-20-7-5-13;1-2/h2-11,22H,19H2,1H3,(H2,18,21);2H2,1H3/b16-8+;. The van der Waals surface area contributed by atoms with Crippen molar-refractivity contribution in [1.29, 1.82) is 0 Å². The first-order chi connectivity index (χ1) is 12.1. The molecule has 0 radical (unpaired) electrons. The lowest BCUT2D eigenvalue weighted by Crippen LogP contribution is -2.14. The third-order valence-corrected chi connectivity index (χ3v) is 3.78. The van der Waals surface area contributed by atoms with Crippen LogP contribution in [0, 0.1) is 5.82 Å². The molecule has 134 valence electrons. The van der Waals surface area contributed by atoms with Crippen molar-refractivity contribution in [1.82, 2.24) is 4.98 Å². The molecule has 0 aliphatic heterocycles. The lowest BCUT2D eigenvalue weighted by Gasteiger charge is -2.10. The van der Waals surface area contributed by atoms with Gasteiger partial charge in [-0.3, -0.25) is 4.98 Å².